The van der Waals surface area contributed by atoms with Gasteiger partial charge in [0.15, 0.2) is 5.82 Å². The van der Waals surface area contributed by atoms with E-state index in [0.717, 1.165) is 11.3 Å². The van der Waals surface area contributed by atoms with Gasteiger partial charge in [-0.25, -0.2) is 9.37 Å². The Morgan fingerprint density at radius 2 is 2.03 bits per heavy atom. The molecule has 0 saturated carbocycles. The van der Waals surface area contributed by atoms with Crippen molar-refractivity contribution in [2.24, 2.45) is 11.7 Å². The van der Waals surface area contributed by atoms with Gasteiger partial charge in [0.2, 0.25) is 5.91 Å². The number of imidazole rings is 1. The van der Waals surface area contributed by atoms with Crippen LogP contribution in [-0.2, 0) is 4.79 Å². The van der Waals surface area contributed by atoms with Crippen molar-refractivity contribution in [2.45, 2.75) is 19.8 Å². The van der Waals surface area contributed by atoms with Crippen LogP contribution in [0.1, 0.15) is 29.2 Å². The number of nitrogens with two attached hydrogens (primary N) is 1. The SMILES string of the molecule is Cc1cc(-c2c[nH]c(C(=O)Nc3cccc(F)c3N3CCC(C(N)=O)CC3)n2)ccn1. The van der Waals surface area contributed by atoms with E-state index in [1.165, 1.54) is 12.1 Å². The number of halogens is 1. The number of carbonyl (C=O) groups excluding carboxylic acids is 2. The number of benzene rings is 1. The van der Waals surface area contributed by atoms with Crippen molar-refractivity contribution in [2.75, 3.05) is 23.3 Å². The lowest BCUT2D eigenvalue weighted by atomic mass is 9.95. The quantitative estimate of drug-likeness (QED) is 0.585. The average molecular weight is 422 g/mol. The molecule has 2 aromatic heterocycles. The molecule has 8 nitrogen and oxygen atoms in total. The van der Waals surface area contributed by atoms with Crippen molar-refractivity contribution in [3.05, 3.63) is 60.1 Å². The smallest absolute Gasteiger partial charge is 0.291 e. The topological polar surface area (TPSA) is 117 Å². The molecule has 1 aromatic carbocycles. The molecule has 1 fully saturated rings. The molecule has 0 bridgehead atoms. The number of nitrogens with zero attached hydrogens (tertiary/aromatic N) is 3. The monoisotopic (exact) mass is 422 g/mol. The second kappa shape index (κ2) is 8.55. The second-order valence-electron chi connectivity index (χ2n) is 7.57. The zero-order valence-electron chi connectivity index (χ0n) is 17.1. The number of aromatic amines is 1. The van der Waals surface area contributed by atoms with Crippen LogP contribution in [0, 0.1) is 18.7 Å². The number of pyridine rings is 1. The molecule has 0 atom stereocenters. The van der Waals surface area contributed by atoms with Gasteiger partial charge < -0.3 is 20.9 Å². The lowest BCUT2D eigenvalue weighted by Crippen LogP contribution is -2.39. The van der Waals surface area contributed by atoms with E-state index in [4.69, 9.17) is 5.73 Å². The lowest BCUT2D eigenvalue weighted by molar-refractivity contribution is -0.122. The lowest BCUT2D eigenvalue weighted by Gasteiger charge is -2.33. The molecule has 0 radical (unpaired) electrons. The fraction of sp³-hybridized carbons (Fsp3) is 0.273. The van der Waals surface area contributed by atoms with E-state index in [-0.39, 0.29) is 17.6 Å². The normalized spacial score (nSPS) is 14.5. The molecule has 1 aliphatic rings. The molecule has 31 heavy (non-hydrogen) atoms. The number of piperidine rings is 1. The summed E-state index contributed by atoms with van der Waals surface area (Å²) < 4.78 is 14.7. The minimum absolute atomic E-state index is 0.118. The van der Waals surface area contributed by atoms with Gasteiger partial charge in [-0.05, 0) is 44.0 Å². The van der Waals surface area contributed by atoms with Gasteiger partial charge in [-0.2, -0.15) is 0 Å². The number of hydrogen-bond donors (Lipinski definition) is 3. The largest absolute Gasteiger partial charge is 0.369 e. The summed E-state index contributed by atoms with van der Waals surface area (Å²) in [4.78, 5) is 37.4. The molecule has 1 saturated heterocycles. The maximum absolute atomic E-state index is 14.7. The zero-order valence-corrected chi connectivity index (χ0v) is 17.1. The molecule has 2 amide bonds. The van der Waals surface area contributed by atoms with Crippen molar-refractivity contribution >= 4 is 23.2 Å². The summed E-state index contributed by atoms with van der Waals surface area (Å²) in [5, 5.41) is 2.76. The second-order valence-corrected chi connectivity index (χ2v) is 7.57. The molecule has 3 aromatic rings. The Hall–Kier alpha value is -3.75. The summed E-state index contributed by atoms with van der Waals surface area (Å²) in [5.74, 6) is -1.34. The fourth-order valence-electron chi connectivity index (χ4n) is 3.80. The first-order valence-corrected chi connectivity index (χ1v) is 10.0. The first kappa shape index (κ1) is 20.5. The number of nitrogens with one attached hydrogen (secondary N) is 2. The highest BCUT2D eigenvalue weighted by Gasteiger charge is 2.27. The summed E-state index contributed by atoms with van der Waals surface area (Å²) in [6, 6.07) is 8.22. The molecule has 4 rings (SSSR count). The number of primary amides is 1. The molecule has 0 aliphatic carbocycles. The first-order chi connectivity index (χ1) is 14.9. The Labute approximate surface area is 178 Å². The number of amides is 2. The molecule has 4 N–H and O–H groups in total. The highest BCUT2D eigenvalue weighted by Crippen LogP contribution is 2.33. The predicted octanol–water partition coefficient (Wildman–Crippen LogP) is 2.87. The van der Waals surface area contributed by atoms with Crippen LogP contribution < -0.4 is 16.0 Å². The summed E-state index contributed by atoms with van der Waals surface area (Å²) in [6.07, 6.45) is 4.41. The predicted molar refractivity (Wildman–Crippen MR) is 115 cm³/mol. The molecule has 160 valence electrons. The van der Waals surface area contributed by atoms with Gasteiger partial charge in [0.25, 0.3) is 5.91 Å². The van der Waals surface area contributed by atoms with Gasteiger partial charge in [0.1, 0.15) is 5.82 Å². The Bertz CT molecular complexity index is 1120. The molecule has 3 heterocycles. The van der Waals surface area contributed by atoms with E-state index in [9.17, 15) is 14.0 Å². The maximum Gasteiger partial charge on any atom is 0.291 e. The van der Waals surface area contributed by atoms with E-state index in [1.807, 2.05) is 24.0 Å². The molecule has 9 heteroatoms. The van der Waals surface area contributed by atoms with Crippen LogP contribution in [0.4, 0.5) is 15.8 Å². The van der Waals surface area contributed by atoms with Gasteiger partial charge in [-0.1, -0.05) is 6.07 Å². The third-order valence-electron chi connectivity index (χ3n) is 5.43. The van der Waals surface area contributed by atoms with Gasteiger partial charge >= 0.3 is 0 Å². The number of carbonyl (C=O) groups is 2. The Balaban J connectivity index is 1.53. The van der Waals surface area contributed by atoms with E-state index in [2.05, 4.69) is 20.3 Å². The number of anilines is 2. The van der Waals surface area contributed by atoms with Gasteiger partial charge in [-0.3, -0.25) is 14.6 Å². The van der Waals surface area contributed by atoms with Crippen LogP contribution in [-0.4, -0.2) is 39.9 Å². The van der Waals surface area contributed by atoms with Crippen molar-refractivity contribution in [1.82, 2.24) is 15.0 Å². The summed E-state index contributed by atoms with van der Waals surface area (Å²) in [7, 11) is 0. The molecular weight excluding hydrogens is 399 g/mol. The number of para-hydroxylation sites is 1. The Kier molecular flexibility index (Phi) is 5.66. The summed E-state index contributed by atoms with van der Waals surface area (Å²) >= 11 is 0. The maximum atomic E-state index is 14.7. The van der Waals surface area contributed by atoms with Crippen LogP contribution in [0.3, 0.4) is 0 Å². The van der Waals surface area contributed by atoms with Crippen molar-refractivity contribution in [3.8, 4) is 11.3 Å². The summed E-state index contributed by atoms with van der Waals surface area (Å²) in [6.45, 7) is 2.83. The van der Waals surface area contributed by atoms with Gasteiger partial charge in [0.05, 0.1) is 17.1 Å². The first-order valence-electron chi connectivity index (χ1n) is 10.0. The van der Waals surface area contributed by atoms with E-state index < -0.39 is 11.7 Å². The van der Waals surface area contributed by atoms with Crippen LogP contribution in [0.5, 0.6) is 0 Å². The standard InChI is InChI=1S/C22H23FN6O2/c1-13-11-15(5-8-25-13)18-12-26-21(27-18)22(31)28-17-4-2-3-16(23)19(17)29-9-6-14(7-10-29)20(24)30/h2-5,8,11-12,14H,6-7,9-10H2,1H3,(H2,24,30)(H,26,27)(H,28,31). The summed E-state index contributed by atoms with van der Waals surface area (Å²) in [5.41, 5.74) is 8.34. The van der Waals surface area contributed by atoms with E-state index >= 15 is 0 Å². The van der Waals surface area contributed by atoms with Crippen LogP contribution in [0.2, 0.25) is 0 Å². The highest BCUT2D eigenvalue weighted by atomic mass is 19.1. The number of H-pyrrole nitrogens is 1. The zero-order chi connectivity index (χ0) is 22.0. The van der Waals surface area contributed by atoms with Gasteiger partial charge in [-0.15, -0.1) is 0 Å². The van der Waals surface area contributed by atoms with Gasteiger partial charge in [0, 0.05) is 42.7 Å². The minimum Gasteiger partial charge on any atom is -0.369 e. The van der Waals surface area contributed by atoms with Crippen LogP contribution >= 0.6 is 0 Å². The molecule has 0 unspecified atom stereocenters. The Morgan fingerprint density at radius 3 is 2.74 bits per heavy atom. The van der Waals surface area contributed by atoms with Crippen molar-refractivity contribution in [1.29, 1.82) is 0 Å². The fourth-order valence-corrected chi connectivity index (χ4v) is 3.80. The number of aryl methyl sites for hydroxylation is 1. The average Bonchev–Trinajstić information content (AvgIpc) is 3.25. The third kappa shape index (κ3) is 4.40. The van der Waals surface area contributed by atoms with E-state index in [1.54, 1.807) is 18.5 Å². The molecular formula is C22H23FN6O2. The van der Waals surface area contributed by atoms with Crippen molar-refractivity contribution in [3.63, 3.8) is 0 Å². The molecule has 1 aliphatic heterocycles. The number of aromatic nitrogens is 3. The van der Waals surface area contributed by atoms with Crippen molar-refractivity contribution < 1.29 is 14.0 Å². The number of hydrogen-bond acceptors (Lipinski definition) is 5. The van der Waals surface area contributed by atoms with E-state index in [0.29, 0.717) is 43.0 Å². The highest BCUT2D eigenvalue weighted by molar-refractivity contribution is 6.04. The third-order valence-corrected chi connectivity index (χ3v) is 5.43. The van der Waals surface area contributed by atoms with Crippen LogP contribution in [0.15, 0.2) is 42.7 Å². The number of rotatable bonds is 5. The Morgan fingerprint density at radius 1 is 1.26 bits per heavy atom. The van der Waals surface area contributed by atoms with Crippen LogP contribution in [0.25, 0.3) is 11.3 Å². The minimum atomic E-state index is -0.476. The molecule has 0 spiro atoms.